The lowest BCUT2D eigenvalue weighted by atomic mass is 10.1. The zero-order valence-electron chi connectivity index (χ0n) is 13.6. The van der Waals surface area contributed by atoms with Crippen LogP contribution in [0, 0.1) is 0 Å². The lowest BCUT2D eigenvalue weighted by Gasteiger charge is -2.07. The van der Waals surface area contributed by atoms with Gasteiger partial charge in [-0.1, -0.05) is 17.7 Å². The summed E-state index contributed by atoms with van der Waals surface area (Å²) in [5, 5.41) is 2.72. The SMILES string of the molecule is COc1cc2c(-c3ccc4cc(Cl)ccc4n3)cn(C)c2cc1OCl. The van der Waals surface area contributed by atoms with Crippen molar-refractivity contribution < 1.29 is 9.03 Å². The topological polar surface area (TPSA) is 36.3 Å². The van der Waals surface area contributed by atoms with E-state index in [4.69, 9.17) is 37.5 Å². The van der Waals surface area contributed by atoms with Gasteiger partial charge in [0.05, 0.1) is 23.8 Å². The molecule has 0 unspecified atom stereocenters. The van der Waals surface area contributed by atoms with Crippen LogP contribution in [-0.4, -0.2) is 16.7 Å². The van der Waals surface area contributed by atoms with E-state index in [1.807, 2.05) is 60.3 Å². The highest BCUT2D eigenvalue weighted by Crippen LogP contribution is 2.38. The number of aryl methyl sites for hydroxylation is 1. The van der Waals surface area contributed by atoms with Crippen LogP contribution >= 0.6 is 23.5 Å². The monoisotopic (exact) mass is 372 g/mol. The van der Waals surface area contributed by atoms with Gasteiger partial charge in [-0.2, -0.15) is 0 Å². The summed E-state index contributed by atoms with van der Waals surface area (Å²) in [4.78, 5) is 4.78. The van der Waals surface area contributed by atoms with E-state index in [1.54, 1.807) is 7.11 Å². The van der Waals surface area contributed by atoms with Gasteiger partial charge in [0.25, 0.3) is 0 Å². The molecule has 4 nitrogen and oxygen atoms in total. The molecule has 0 amide bonds. The fourth-order valence-electron chi connectivity index (χ4n) is 3.06. The summed E-state index contributed by atoms with van der Waals surface area (Å²) in [6.07, 6.45) is 2.03. The van der Waals surface area contributed by atoms with Crippen LogP contribution in [0.4, 0.5) is 0 Å². The summed E-state index contributed by atoms with van der Waals surface area (Å²) in [5.41, 5.74) is 3.76. The van der Waals surface area contributed by atoms with Crippen LogP contribution < -0.4 is 9.03 Å². The van der Waals surface area contributed by atoms with E-state index in [0.717, 1.165) is 33.1 Å². The van der Waals surface area contributed by atoms with Crippen LogP contribution in [0.25, 0.3) is 33.1 Å². The summed E-state index contributed by atoms with van der Waals surface area (Å²) >= 11 is 11.6. The molecule has 6 heteroatoms. The van der Waals surface area contributed by atoms with Gasteiger partial charge in [0.15, 0.2) is 11.5 Å². The molecule has 0 fully saturated rings. The van der Waals surface area contributed by atoms with E-state index in [2.05, 4.69) is 0 Å². The van der Waals surface area contributed by atoms with E-state index in [-0.39, 0.29) is 0 Å². The van der Waals surface area contributed by atoms with Crippen LogP contribution in [0.15, 0.2) is 48.7 Å². The highest BCUT2D eigenvalue weighted by molar-refractivity contribution is 6.31. The first-order valence-electron chi connectivity index (χ1n) is 7.63. The molecule has 0 saturated carbocycles. The molecule has 2 heterocycles. The minimum absolute atomic E-state index is 0.477. The molecular weight excluding hydrogens is 359 g/mol. The van der Waals surface area contributed by atoms with Gasteiger partial charge < -0.3 is 13.6 Å². The Morgan fingerprint density at radius 3 is 2.64 bits per heavy atom. The first kappa shape index (κ1) is 16.1. The number of fused-ring (bicyclic) bond motifs is 2. The second kappa shape index (κ2) is 6.14. The van der Waals surface area contributed by atoms with Crippen molar-refractivity contribution in [1.82, 2.24) is 9.55 Å². The van der Waals surface area contributed by atoms with Gasteiger partial charge in [-0.25, -0.2) is 4.98 Å². The maximum atomic E-state index is 6.05. The molecule has 0 aliphatic rings. The van der Waals surface area contributed by atoms with Crippen molar-refractivity contribution in [2.45, 2.75) is 0 Å². The molecule has 4 aromatic rings. The molecule has 0 aliphatic carbocycles. The number of nitrogens with zero attached hydrogens (tertiary/aromatic N) is 2. The summed E-state index contributed by atoms with van der Waals surface area (Å²) in [7, 11) is 3.55. The Morgan fingerprint density at radius 1 is 1.04 bits per heavy atom. The normalized spacial score (nSPS) is 11.2. The Balaban J connectivity index is 1.96. The predicted octanol–water partition coefficient (Wildman–Crippen LogP) is 5.59. The van der Waals surface area contributed by atoms with Crippen molar-refractivity contribution in [3.63, 3.8) is 0 Å². The number of aromatic nitrogens is 2. The summed E-state index contributed by atoms with van der Waals surface area (Å²) in [6, 6.07) is 13.5. The Labute approximate surface area is 154 Å². The second-order valence-corrected chi connectivity index (χ2v) is 6.38. The maximum absolute atomic E-state index is 6.05. The third kappa shape index (κ3) is 2.68. The number of hydrogen-bond acceptors (Lipinski definition) is 3. The summed E-state index contributed by atoms with van der Waals surface area (Å²) in [6.45, 7) is 0. The molecule has 0 spiro atoms. The van der Waals surface area contributed by atoms with E-state index in [9.17, 15) is 0 Å². The first-order chi connectivity index (χ1) is 12.1. The molecule has 25 heavy (non-hydrogen) atoms. The van der Waals surface area contributed by atoms with E-state index < -0.39 is 0 Å². The molecule has 0 N–H and O–H groups in total. The zero-order valence-corrected chi connectivity index (χ0v) is 15.1. The van der Waals surface area contributed by atoms with Gasteiger partial charge in [0.1, 0.15) is 11.9 Å². The minimum atomic E-state index is 0.477. The largest absolute Gasteiger partial charge is 0.493 e. The van der Waals surface area contributed by atoms with Crippen LogP contribution in [0.5, 0.6) is 11.5 Å². The fourth-order valence-corrected chi connectivity index (χ4v) is 3.36. The highest BCUT2D eigenvalue weighted by atomic mass is 35.5. The van der Waals surface area contributed by atoms with Crippen LogP contribution in [0.2, 0.25) is 5.02 Å². The maximum Gasteiger partial charge on any atom is 0.190 e. The van der Waals surface area contributed by atoms with Crippen LogP contribution in [0.3, 0.4) is 0 Å². The van der Waals surface area contributed by atoms with Crippen molar-refractivity contribution >= 4 is 45.3 Å². The number of hydrogen-bond donors (Lipinski definition) is 0. The van der Waals surface area contributed by atoms with Crippen molar-refractivity contribution in [1.29, 1.82) is 0 Å². The number of rotatable bonds is 3. The van der Waals surface area contributed by atoms with Gasteiger partial charge in [-0.15, -0.1) is 0 Å². The molecule has 0 aliphatic heterocycles. The minimum Gasteiger partial charge on any atom is -0.493 e. The Kier molecular flexibility index (Phi) is 3.94. The first-order valence-corrected chi connectivity index (χ1v) is 8.31. The Morgan fingerprint density at radius 2 is 1.88 bits per heavy atom. The van der Waals surface area contributed by atoms with E-state index in [1.165, 1.54) is 0 Å². The van der Waals surface area contributed by atoms with Crippen LogP contribution in [-0.2, 0) is 7.05 Å². The van der Waals surface area contributed by atoms with Crippen molar-refractivity contribution in [3.8, 4) is 22.8 Å². The van der Waals surface area contributed by atoms with Crippen molar-refractivity contribution in [3.05, 3.63) is 53.7 Å². The standard InChI is InChI=1S/C19H14Cl2N2O2/c1-23-10-14(13-8-18(24-2)19(25-21)9-17(13)23)16-5-3-11-7-12(20)4-6-15(11)22-16/h3-10H,1-2H3. The molecule has 0 bridgehead atoms. The van der Waals surface area contributed by atoms with E-state index >= 15 is 0 Å². The summed E-state index contributed by atoms with van der Waals surface area (Å²) < 4.78 is 12.3. The molecule has 0 atom stereocenters. The van der Waals surface area contributed by atoms with Crippen LogP contribution in [0.1, 0.15) is 0 Å². The average molecular weight is 373 g/mol. The van der Waals surface area contributed by atoms with E-state index in [0.29, 0.717) is 16.5 Å². The Bertz CT molecular complexity index is 1110. The second-order valence-electron chi connectivity index (χ2n) is 5.78. The number of methoxy groups -OCH3 is 1. The van der Waals surface area contributed by atoms with Crippen molar-refractivity contribution in [2.75, 3.05) is 7.11 Å². The molecule has 0 saturated heterocycles. The number of benzene rings is 2. The highest BCUT2D eigenvalue weighted by Gasteiger charge is 2.15. The molecular formula is C19H14Cl2N2O2. The smallest absolute Gasteiger partial charge is 0.190 e. The quantitative estimate of drug-likeness (QED) is 0.470. The zero-order chi connectivity index (χ0) is 17.6. The number of halogens is 2. The molecule has 126 valence electrons. The lowest BCUT2D eigenvalue weighted by Crippen LogP contribution is -1.89. The molecule has 0 radical (unpaired) electrons. The van der Waals surface area contributed by atoms with Gasteiger partial charge in [-0.3, -0.25) is 0 Å². The predicted molar refractivity (Wildman–Crippen MR) is 102 cm³/mol. The summed E-state index contributed by atoms with van der Waals surface area (Å²) in [5.74, 6) is 1.05. The molecule has 2 aromatic carbocycles. The third-order valence-electron chi connectivity index (χ3n) is 4.29. The fraction of sp³-hybridized carbons (Fsp3) is 0.105. The number of ether oxygens (including phenoxy) is 1. The lowest BCUT2D eigenvalue weighted by molar-refractivity contribution is 0.398. The van der Waals surface area contributed by atoms with Gasteiger partial charge >= 0.3 is 0 Å². The van der Waals surface area contributed by atoms with Gasteiger partial charge in [0, 0.05) is 40.7 Å². The third-order valence-corrected chi connectivity index (χ3v) is 4.69. The van der Waals surface area contributed by atoms with Gasteiger partial charge in [0.2, 0.25) is 0 Å². The molecule has 2 aromatic heterocycles. The average Bonchev–Trinajstić information content (AvgIpc) is 2.96. The van der Waals surface area contributed by atoms with Crippen molar-refractivity contribution in [2.24, 2.45) is 7.05 Å². The van der Waals surface area contributed by atoms with Gasteiger partial charge in [-0.05, 0) is 30.3 Å². The Hall–Kier alpha value is -2.43. The number of pyridine rings is 1. The molecule has 4 rings (SSSR count).